The maximum atomic E-state index is 12.0. The van der Waals surface area contributed by atoms with Gasteiger partial charge in [0.1, 0.15) is 6.04 Å². The third kappa shape index (κ3) is 6.69. The van der Waals surface area contributed by atoms with Gasteiger partial charge in [-0.2, -0.15) is 10.1 Å². The number of hydrazone groups is 1. The summed E-state index contributed by atoms with van der Waals surface area (Å²) < 4.78 is 14.8. The number of nitrogens with zero attached hydrogens (tertiary/aromatic N) is 4. The second kappa shape index (κ2) is 11.2. The molecule has 0 aliphatic carbocycles. The van der Waals surface area contributed by atoms with Crippen LogP contribution in [-0.2, 0) is 15.8 Å². The SMILES string of the molecule is CC1=NN(C(=O)c2ccc(Cl)cc2)C(=O)C1N.Cc1cc(C)nc(NS(=O)c2ccc(N)cc2)n1. The second-order valence-electron chi connectivity index (χ2n) is 7.60. The zero-order valence-corrected chi connectivity index (χ0v) is 20.8. The minimum absolute atomic E-state index is 0.341. The van der Waals surface area contributed by atoms with Gasteiger partial charge in [0.2, 0.25) is 5.95 Å². The van der Waals surface area contributed by atoms with Crippen LogP contribution in [0.4, 0.5) is 11.6 Å². The number of anilines is 2. The summed E-state index contributed by atoms with van der Waals surface area (Å²) in [4.78, 5) is 32.6. The molecule has 182 valence electrons. The Morgan fingerprint density at radius 1 is 1.03 bits per heavy atom. The predicted molar refractivity (Wildman–Crippen MR) is 136 cm³/mol. The highest BCUT2D eigenvalue weighted by Crippen LogP contribution is 2.16. The van der Waals surface area contributed by atoms with Crippen LogP contribution in [0, 0.1) is 13.8 Å². The summed E-state index contributed by atoms with van der Waals surface area (Å²) in [7, 11) is -1.39. The van der Waals surface area contributed by atoms with Crippen molar-refractivity contribution in [3.8, 4) is 0 Å². The molecule has 0 saturated carbocycles. The lowest BCUT2D eigenvalue weighted by molar-refractivity contribution is -0.127. The fraction of sp³-hybridized carbons (Fsp3) is 0.174. The van der Waals surface area contributed by atoms with E-state index >= 15 is 0 Å². The number of carbonyl (C=O) groups excluding carboxylic acids is 2. The van der Waals surface area contributed by atoms with Crippen molar-refractivity contribution in [1.82, 2.24) is 15.0 Å². The molecular formula is C23H24ClN7O3S. The van der Waals surface area contributed by atoms with E-state index in [0.717, 1.165) is 16.4 Å². The highest BCUT2D eigenvalue weighted by molar-refractivity contribution is 7.86. The van der Waals surface area contributed by atoms with Gasteiger partial charge in [-0.25, -0.2) is 14.2 Å². The number of nitrogens with one attached hydrogen (secondary N) is 1. The van der Waals surface area contributed by atoms with Gasteiger partial charge >= 0.3 is 0 Å². The van der Waals surface area contributed by atoms with Gasteiger partial charge in [-0.3, -0.25) is 14.3 Å². The number of aromatic nitrogens is 2. The summed E-state index contributed by atoms with van der Waals surface area (Å²) >= 11 is 5.71. The van der Waals surface area contributed by atoms with Crippen molar-refractivity contribution in [2.75, 3.05) is 10.5 Å². The van der Waals surface area contributed by atoms with Gasteiger partial charge in [-0.1, -0.05) is 11.6 Å². The van der Waals surface area contributed by atoms with E-state index in [2.05, 4.69) is 19.8 Å². The molecule has 2 aromatic carbocycles. The Bertz CT molecular complexity index is 1280. The lowest BCUT2D eigenvalue weighted by atomic mass is 10.2. The average Bonchev–Trinajstić information content (AvgIpc) is 3.06. The molecule has 12 heteroatoms. The lowest BCUT2D eigenvalue weighted by Crippen LogP contribution is -2.40. The van der Waals surface area contributed by atoms with Gasteiger partial charge in [0.05, 0.1) is 10.6 Å². The molecule has 2 atom stereocenters. The van der Waals surface area contributed by atoms with Crippen LogP contribution in [0.15, 0.2) is 64.6 Å². The Morgan fingerprint density at radius 2 is 1.60 bits per heavy atom. The topological polar surface area (TPSA) is 157 Å². The van der Waals surface area contributed by atoms with Gasteiger partial charge in [-0.15, -0.1) is 0 Å². The number of hydrogen-bond acceptors (Lipinski definition) is 8. The molecule has 35 heavy (non-hydrogen) atoms. The fourth-order valence-electron chi connectivity index (χ4n) is 2.94. The summed E-state index contributed by atoms with van der Waals surface area (Å²) in [6, 6.07) is 14.1. The summed E-state index contributed by atoms with van der Waals surface area (Å²) in [5, 5.41) is 5.16. The van der Waals surface area contributed by atoms with Gasteiger partial charge < -0.3 is 11.5 Å². The van der Waals surface area contributed by atoms with Gasteiger partial charge in [0, 0.05) is 27.7 Å². The van der Waals surface area contributed by atoms with Crippen molar-refractivity contribution in [3.63, 3.8) is 0 Å². The van der Waals surface area contributed by atoms with Crippen LogP contribution >= 0.6 is 11.6 Å². The molecule has 1 aliphatic heterocycles. The summed E-state index contributed by atoms with van der Waals surface area (Å²) in [6.45, 7) is 5.34. The van der Waals surface area contributed by atoms with Crippen molar-refractivity contribution >= 4 is 51.7 Å². The molecule has 2 heterocycles. The molecule has 1 aromatic heterocycles. The van der Waals surface area contributed by atoms with Crippen LogP contribution in [-0.4, -0.2) is 42.8 Å². The smallest absolute Gasteiger partial charge is 0.281 e. The number of amides is 2. The van der Waals surface area contributed by atoms with Crippen molar-refractivity contribution in [2.45, 2.75) is 31.7 Å². The molecule has 4 rings (SSSR count). The number of halogens is 1. The molecule has 3 aromatic rings. The first-order valence-electron chi connectivity index (χ1n) is 10.4. The normalized spacial score (nSPS) is 15.7. The fourth-order valence-corrected chi connectivity index (χ4v) is 3.83. The molecule has 0 spiro atoms. The van der Waals surface area contributed by atoms with E-state index in [4.69, 9.17) is 23.1 Å². The minimum atomic E-state index is -1.39. The summed E-state index contributed by atoms with van der Waals surface area (Å²) in [5.41, 5.74) is 14.2. The number of nitrogens with two attached hydrogens (primary N) is 2. The van der Waals surface area contributed by atoms with Gasteiger partial charge in [0.25, 0.3) is 11.8 Å². The number of nitrogen functional groups attached to an aromatic ring is 1. The third-order valence-electron chi connectivity index (χ3n) is 4.73. The van der Waals surface area contributed by atoms with E-state index < -0.39 is 28.8 Å². The van der Waals surface area contributed by atoms with Crippen LogP contribution in [0.25, 0.3) is 0 Å². The number of carbonyl (C=O) groups is 2. The molecule has 5 N–H and O–H groups in total. The molecule has 0 fully saturated rings. The van der Waals surface area contributed by atoms with Gasteiger partial charge in [-0.05, 0) is 75.4 Å². The molecular weight excluding hydrogens is 490 g/mol. The minimum Gasteiger partial charge on any atom is -0.399 e. The van der Waals surface area contributed by atoms with Gasteiger partial charge in [0.15, 0.2) is 11.0 Å². The van der Waals surface area contributed by atoms with Crippen LogP contribution in [0.1, 0.15) is 28.7 Å². The highest BCUT2D eigenvalue weighted by atomic mass is 35.5. The molecule has 2 unspecified atom stereocenters. The third-order valence-corrected chi connectivity index (χ3v) is 6.05. The van der Waals surface area contributed by atoms with Crippen molar-refractivity contribution in [3.05, 3.63) is 76.6 Å². The predicted octanol–water partition coefficient (Wildman–Crippen LogP) is 2.84. The van der Waals surface area contributed by atoms with E-state index in [1.54, 1.807) is 43.3 Å². The standard InChI is InChI=1S/C12H14N4OS.C11H10ClN3O2/c1-8-7-9(2)15-12(14-8)16-18(17)11-5-3-10(13)4-6-11;1-6-9(13)11(17)15(14-6)10(16)7-2-4-8(12)5-3-7/h3-7H,13H2,1-2H3,(H,14,15,16);2-5,9H,13H2,1H3. The van der Waals surface area contributed by atoms with Crippen LogP contribution in [0.5, 0.6) is 0 Å². The molecule has 2 amide bonds. The van der Waals surface area contributed by atoms with E-state index in [1.807, 2.05) is 19.9 Å². The quantitative estimate of drug-likeness (QED) is 0.357. The number of rotatable bonds is 4. The summed E-state index contributed by atoms with van der Waals surface area (Å²) in [6.07, 6.45) is 0. The Balaban J connectivity index is 0.000000196. The van der Waals surface area contributed by atoms with E-state index in [-0.39, 0.29) is 0 Å². The first-order valence-corrected chi connectivity index (χ1v) is 11.9. The maximum Gasteiger partial charge on any atom is 0.281 e. The average molecular weight is 514 g/mol. The maximum absolute atomic E-state index is 12.0. The molecule has 10 nitrogen and oxygen atoms in total. The number of imide groups is 1. The zero-order chi connectivity index (χ0) is 25.7. The van der Waals surface area contributed by atoms with Crippen LogP contribution < -0.4 is 16.2 Å². The zero-order valence-electron chi connectivity index (χ0n) is 19.2. The molecule has 0 radical (unpaired) electrons. The molecule has 0 bridgehead atoms. The van der Waals surface area contributed by atoms with E-state index in [9.17, 15) is 13.8 Å². The van der Waals surface area contributed by atoms with Crippen LogP contribution in [0.3, 0.4) is 0 Å². The first-order chi connectivity index (χ1) is 16.5. The Labute approximate surface area is 210 Å². The number of aryl methyl sites for hydroxylation is 2. The van der Waals surface area contributed by atoms with E-state index in [0.29, 0.717) is 32.8 Å². The number of benzene rings is 2. The Hall–Kier alpha value is -3.67. The Kier molecular flexibility index (Phi) is 8.28. The summed E-state index contributed by atoms with van der Waals surface area (Å²) in [5.74, 6) is -0.649. The largest absolute Gasteiger partial charge is 0.399 e. The van der Waals surface area contributed by atoms with Crippen molar-refractivity contribution < 1.29 is 13.8 Å². The Morgan fingerprint density at radius 3 is 2.11 bits per heavy atom. The second-order valence-corrected chi connectivity index (χ2v) is 9.24. The lowest BCUT2D eigenvalue weighted by Gasteiger charge is -2.10. The van der Waals surface area contributed by atoms with Crippen molar-refractivity contribution in [2.24, 2.45) is 10.8 Å². The highest BCUT2D eigenvalue weighted by Gasteiger charge is 2.35. The monoisotopic (exact) mass is 513 g/mol. The molecule has 0 saturated heterocycles. The first kappa shape index (κ1) is 25.9. The van der Waals surface area contributed by atoms with Crippen molar-refractivity contribution in [1.29, 1.82) is 0 Å². The van der Waals surface area contributed by atoms with Crippen LogP contribution in [0.2, 0.25) is 5.02 Å². The van der Waals surface area contributed by atoms with E-state index in [1.165, 1.54) is 12.1 Å². The number of hydrogen-bond donors (Lipinski definition) is 3. The molecule has 1 aliphatic rings.